The third kappa shape index (κ3) is 5.69. The summed E-state index contributed by atoms with van der Waals surface area (Å²) in [6.07, 6.45) is 2.16. The van der Waals surface area contributed by atoms with Crippen molar-refractivity contribution in [1.29, 1.82) is 0 Å². The van der Waals surface area contributed by atoms with Crippen LogP contribution in [0.4, 0.5) is 4.79 Å². The molecule has 0 aliphatic carbocycles. The van der Waals surface area contributed by atoms with Gasteiger partial charge in [-0.3, -0.25) is 0 Å². The molecule has 1 atom stereocenters. The summed E-state index contributed by atoms with van der Waals surface area (Å²) in [4.78, 5) is 13.8. The Hall–Kier alpha value is -2.18. The van der Waals surface area contributed by atoms with E-state index >= 15 is 0 Å². The number of carbonyl (C=O) groups is 1. The minimum Gasteiger partial charge on any atom is -0.496 e. The van der Waals surface area contributed by atoms with Gasteiger partial charge in [0, 0.05) is 43.1 Å². The van der Waals surface area contributed by atoms with Crippen molar-refractivity contribution in [3.05, 3.63) is 52.9 Å². The van der Waals surface area contributed by atoms with Crippen molar-refractivity contribution < 1.29 is 19.1 Å². The number of methoxy groups -OCH3 is 1. The van der Waals surface area contributed by atoms with Crippen molar-refractivity contribution in [3.8, 4) is 5.75 Å². The van der Waals surface area contributed by atoms with E-state index in [1.54, 1.807) is 44.7 Å². The van der Waals surface area contributed by atoms with Crippen LogP contribution in [-0.2, 0) is 13.0 Å². The summed E-state index contributed by atoms with van der Waals surface area (Å²) >= 11 is 6.01. The second-order valence-electron chi connectivity index (χ2n) is 5.83. The number of urea groups is 1. The Labute approximate surface area is 152 Å². The van der Waals surface area contributed by atoms with E-state index < -0.39 is 0 Å². The quantitative estimate of drug-likeness (QED) is 0.753. The van der Waals surface area contributed by atoms with Gasteiger partial charge in [-0.15, -0.1) is 0 Å². The second kappa shape index (κ2) is 9.34. The highest BCUT2D eigenvalue weighted by atomic mass is 35.5. The SMILES string of the molecule is COc1ccc(Cl)cc1CN(C)C(=O)NCC(CO)Cc1ccco1. The number of ether oxygens (including phenoxy) is 1. The second-order valence-corrected chi connectivity index (χ2v) is 6.27. The number of halogens is 1. The van der Waals surface area contributed by atoms with E-state index in [1.165, 1.54) is 4.90 Å². The molecule has 25 heavy (non-hydrogen) atoms. The highest BCUT2D eigenvalue weighted by Crippen LogP contribution is 2.23. The summed E-state index contributed by atoms with van der Waals surface area (Å²) in [7, 11) is 3.27. The lowest BCUT2D eigenvalue weighted by Crippen LogP contribution is -2.40. The molecule has 7 heteroatoms. The number of furan rings is 1. The summed E-state index contributed by atoms with van der Waals surface area (Å²) in [6, 6.07) is 8.70. The fourth-order valence-corrected chi connectivity index (χ4v) is 2.67. The number of hydrogen-bond acceptors (Lipinski definition) is 4. The standard InChI is InChI=1S/C18H23ClN2O4/c1-21(11-14-9-15(19)5-6-17(14)24-2)18(23)20-10-13(12-22)8-16-4-3-7-25-16/h3-7,9,13,22H,8,10-12H2,1-2H3,(H,20,23). The Balaban J connectivity index is 1.88. The molecule has 0 saturated carbocycles. The van der Waals surface area contributed by atoms with Crippen LogP contribution in [-0.4, -0.2) is 43.3 Å². The molecule has 0 aliphatic rings. The number of aliphatic hydroxyl groups excluding tert-OH is 1. The van der Waals surface area contributed by atoms with Crippen LogP contribution in [0.25, 0.3) is 0 Å². The fourth-order valence-electron chi connectivity index (χ4n) is 2.48. The molecule has 0 fully saturated rings. The molecule has 136 valence electrons. The molecule has 1 heterocycles. The Kier molecular flexibility index (Phi) is 7.16. The molecule has 1 aromatic carbocycles. The summed E-state index contributed by atoms with van der Waals surface area (Å²) in [6.45, 7) is 0.678. The van der Waals surface area contributed by atoms with E-state index in [0.29, 0.717) is 30.3 Å². The van der Waals surface area contributed by atoms with E-state index in [9.17, 15) is 9.90 Å². The van der Waals surface area contributed by atoms with E-state index in [0.717, 1.165) is 11.3 Å². The molecule has 0 aliphatic heterocycles. The monoisotopic (exact) mass is 366 g/mol. The number of carbonyl (C=O) groups excluding carboxylic acids is 1. The lowest BCUT2D eigenvalue weighted by molar-refractivity contribution is 0.192. The highest BCUT2D eigenvalue weighted by molar-refractivity contribution is 6.30. The van der Waals surface area contributed by atoms with E-state index in [4.69, 9.17) is 20.8 Å². The molecule has 6 nitrogen and oxygen atoms in total. The maximum Gasteiger partial charge on any atom is 0.317 e. The number of rotatable bonds is 8. The average Bonchev–Trinajstić information content (AvgIpc) is 3.11. The lowest BCUT2D eigenvalue weighted by Gasteiger charge is -2.21. The van der Waals surface area contributed by atoms with Crippen molar-refractivity contribution in [2.45, 2.75) is 13.0 Å². The van der Waals surface area contributed by atoms with Crippen LogP contribution >= 0.6 is 11.6 Å². The molecule has 0 saturated heterocycles. The molecule has 1 unspecified atom stereocenters. The van der Waals surface area contributed by atoms with Gasteiger partial charge in [0.15, 0.2) is 0 Å². The first-order chi connectivity index (χ1) is 12.0. The molecule has 2 amide bonds. The van der Waals surface area contributed by atoms with Gasteiger partial charge in [0.1, 0.15) is 11.5 Å². The highest BCUT2D eigenvalue weighted by Gasteiger charge is 2.16. The lowest BCUT2D eigenvalue weighted by atomic mass is 10.1. The van der Waals surface area contributed by atoms with Gasteiger partial charge in [0.25, 0.3) is 0 Å². The largest absolute Gasteiger partial charge is 0.496 e. The molecule has 2 N–H and O–H groups in total. The minimum absolute atomic E-state index is 0.0349. The number of hydrogen-bond donors (Lipinski definition) is 2. The summed E-state index contributed by atoms with van der Waals surface area (Å²) in [5, 5.41) is 12.9. The molecular weight excluding hydrogens is 344 g/mol. The number of nitrogens with one attached hydrogen (secondary N) is 1. The van der Waals surface area contributed by atoms with Crippen molar-refractivity contribution in [2.75, 3.05) is 27.3 Å². The molecule has 2 aromatic rings. The van der Waals surface area contributed by atoms with Crippen LogP contribution in [0.1, 0.15) is 11.3 Å². The van der Waals surface area contributed by atoms with E-state index in [2.05, 4.69) is 5.32 Å². The summed E-state index contributed by atoms with van der Waals surface area (Å²) in [5.74, 6) is 1.35. The van der Waals surface area contributed by atoms with Gasteiger partial charge >= 0.3 is 6.03 Å². The molecule has 0 radical (unpaired) electrons. The molecule has 0 spiro atoms. The topological polar surface area (TPSA) is 74.9 Å². The average molecular weight is 367 g/mol. The normalized spacial score (nSPS) is 11.8. The van der Waals surface area contributed by atoms with Gasteiger partial charge < -0.3 is 24.5 Å². The summed E-state index contributed by atoms with van der Waals surface area (Å²) in [5.41, 5.74) is 0.821. The zero-order valence-corrected chi connectivity index (χ0v) is 15.1. The van der Waals surface area contributed by atoms with Gasteiger partial charge in [-0.25, -0.2) is 4.79 Å². The minimum atomic E-state index is -0.236. The van der Waals surface area contributed by atoms with Crippen LogP contribution in [0.3, 0.4) is 0 Å². The Morgan fingerprint density at radius 2 is 2.24 bits per heavy atom. The van der Waals surface area contributed by atoms with Gasteiger partial charge in [-0.2, -0.15) is 0 Å². The predicted octanol–water partition coefficient (Wildman–Crippen LogP) is 2.93. The zero-order chi connectivity index (χ0) is 18.2. The molecule has 0 bridgehead atoms. The van der Waals surface area contributed by atoms with Crippen LogP contribution < -0.4 is 10.1 Å². The number of benzene rings is 1. The van der Waals surface area contributed by atoms with Crippen molar-refractivity contribution in [3.63, 3.8) is 0 Å². The maximum absolute atomic E-state index is 12.3. The molecular formula is C18H23ClN2O4. The molecule has 2 rings (SSSR count). The van der Waals surface area contributed by atoms with Crippen LogP contribution in [0.5, 0.6) is 5.75 Å². The van der Waals surface area contributed by atoms with E-state index in [1.807, 2.05) is 6.07 Å². The third-order valence-corrected chi connectivity index (χ3v) is 4.10. The Morgan fingerprint density at radius 3 is 2.88 bits per heavy atom. The van der Waals surface area contributed by atoms with Gasteiger partial charge in [0.2, 0.25) is 0 Å². The van der Waals surface area contributed by atoms with Crippen LogP contribution in [0.15, 0.2) is 41.0 Å². The van der Waals surface area contributed by atoms with Gasteiger partial charge in [-0.05, 0) is 30.3 Å². The van der Waals surface area contributed by atoms with Crippen molar-refractivity contribution in [2.24, 2.45) is 5.92 Å². The van der Waals surface area contributed by atoms with Crippen molar-refractivity contribution >= 4 is 17.6 Å². The van der Waals surface area contributed by atoms with Gasteiger partial charge in [0.05, 0.1) is 19.9 Å². The zero-order valence-electron chi connectivity index (χ0n) is 14.4. The van der Waals surface area contributed by atoms with Crippen LogP contribution in [0, 0.1) is 5.92 Å². The molecule has 1 aromatic heterocycles. The third-order valence-electron chi connectivity index (χ3n) is 3.87. The predicted molar refractivity (Wildman–Crippen MR) is 95.9 cm³/mol. The Bertz CT molecular complexity index is 676. The number of nitrogens with zero attached hydrogens (tertiary/aromatic N) is 1. The smallest absolute Gasteiger partial charge is 0.317 e. The van der Waals surface area contributed by atoms with E-state index in [-0.39, 0.29) is 18.6 Å². The number of amides is 2. The van der Waals surface area contributed by atoms with Crippen molar-refractivity contribution in [1.82, 2.24) is 10.2 Å². The first kappa shape index (κ1) is 19.1. The summed E-state index contributed by atoms with van der Waals surface area (Å²) < 4.78 is 10.6. The fraction of sp³-hybridized carbons (Fsp3) is 0.389. The maximum atomic E-state index is 12.3. The first-order valence-electron chi connectivity index (χ1n) is 7.98. The number of aliphatic hydroxyl groups is 1. The van der Waals surface area contributed by atoms with Crippen LogP contribution in [0.2, 0.25) is 5.02 Å². The Morgan fingerprint density at radius 1 is 1.44 bits per heavy atom. The van der Waals surface area contributed by atoms with Gasteiger partial charge in [-0.1, -0.05) is 11.6 Å². The first-order valence-corrected chi connectivity index (χ1v) is 8.36.